The van der Waals surface area contributed by atoms with E-state index >= 15 is 0 Å². The molecule has 2 aliphatic heterocycles. The van der Waals surface area contributed by atoms with E-state index in [0.29, 0.717) is 38.9 Å². The van der Waals surface area contributed by atoms with E-state index in [1.165, 1.54) is 18.2 Å². The Balaban J connectivity index is 1.41. The van der Waals surface area contributed by atoms with Gasteiger partial charge in [0, 0.05) is 25.6 Å². The molecule has 0 bridgehead atoms. The van der Waals surface area contributed by atoms with Gasteiger partial charge in [-0.1, -0.05) is 6.92 Å². The van der Waals surface area contributed by atoms with Gasteiger partial charge < -0.3 is 9.80 Å². The Labute approximate surface area is 143 Å². The predicted octanol–water partition coefficient (Wildman–Crippen LogP) is 1.16. The fraction of sp³-hybridized carbons (Fsp3) is 0.750. The van der Waals surface area contributed by atoms with Crippen LogP contribution in [-0.4, -0.2) is 68.9 Å². The van der Waals surface area contributed by atoms with E-state index in [1.807, 2.05) is 0 Å². The maximum atomic E-state index is 14.0. The summed E-state index contributed by atoms with van der Waals surface area (Å²) < 4.78 is 28.0. The van der Waals surface area contributed by atoms with Crippen molar-refractivity contribution in [2.24, 2.45) is 17.3 Å². The molecular weight excluding hydrogens is 332 g/mol. The smallest absolute Gasteiger partial charge is 0.291 e. The highest BCUT2D eigenvalue weighted by Gasteiger charge is 2.64. The molecule has 3 heterocycles. The normalized spacial score (nSPS) is 33.7. The molecule has 7 nitrogen and oxygen atoms in total. The zero-order valence-corrected chi connectivity index (χ0v) is 14.0. The molecule has 2 amide bonds. The van der Waals surface area contributed by atoms with E-state index < -0.39 is 23.8 Å². The Hall–Kier alpha value is -2.06. The van der Waals surface area contributed by atoms with Gasteiger partial charge in [0.25, 0.3) is 11.8 Å². The molecule has 3 fully saturated rings. The maximum absolute atomic E-state index is 14.0. The van der Waals surface area contributed by atoms with Crippen molar-refractivity contribution in [2.75, 3.05) is 26.2 Å². The van der Waals surface area contributed by atoms with Gasteiger partial charge in [-0.05, 0) is 25.2 Å². The van der Waals surface area contributed by atoms with Crippen molar-refractivity contribution in [3.63, 3.8) is 0 Å². The zero-order valence-electron chi connectivity index (χ0n) is 14.0. The first-order valence-electron chi connectivity index (χ1n) is 8.65. The minimum Gasteiger partial charge on any atom is -0.336 e. The molecule has 0 radical (unpaired) electrons. The summed E-state index contributed by atoms with van der Waals surface area (Å²) in [6.45, 7) is 2.34. The molecule has 3 aliphatic rings. The van der Waals surface area contributed by atoms with E-state index in [0.717, 1.165) is 0 Å². The summed E-state index contributed by atoms with van der Waals surface area (Å²) in [5, 5.41) is 6.22. The molecule has 4 rings (SSSR count). The van der Waals surface area contributed by atoms with Crippen molar-refractivity contribution >= 4 is 11.8 Å². The van der Waals surface area contributed by atoms with Crippen molar-refractivity contribution in [2.45, 2.75) is 32.1 Å². The van der Waals surface area contributed by atoms with Gasteiger partial charge in [-0.2, -0.15) is 5.10 Å². The summed E-state index contributed by atoms with van der Waals surface area (Å²) in [5.74, 6) is -3.67. The van der Waals surface area contributed by atoms with Gasteiger partial charge >= 0.3 is 0 Å². The van der Waals surface area contributed by atoms with Crippen LogP contribution in [0.4, 0.5) is 8.78 Å². The number of hydrogen-bond donors (Lipinski definition) is 1. The van der Waals surface area contributed by atoms with Crippen molar-refractivity contribution in [3.8, 4) is 0 Å². The minimum atomic E-state index is -2.82. The lowest BCUT2D eigenvalue weighted by atomic mass is 9.89. The number of fused-ring (bicyclic) bond motifs is 1. The highest BCUT2D eigenvalue weighted by Crippen LogP contribution is 2.59. The second-order valence-electron chi connectivity index (χ2n) is 7.57. The number of alkyl halides is 2. The van der Waals surface area contributed by atoms with Gasteiger partial charge in [-0.15, -0.1) is 0 Å². The summed E-state index contributed by atoms with van der Waals surface area (Å²) in [6.07, 6.45) is 2.80. The van der Waals surface area contributed by atoms with Crippen LogP contribution >= 0.6 is 0 Å². The van der Waals surface area contributed by atoms with Crippen LogP contribution in [0.1, 0.15) is 36.8 Å². The van der Waals surface area contributed by atoms with Crippen LogP contribution in [-0.2, 0) is 4.79 Å². The monoisotopic (exact) mass is 353 g/mol. The van der Waals surface area contributed by atoms with Crippen molar-refractivity contribution in [1.82, 2.24) is 25.0 Å². The molecule has 1 N–H and O–H groups in total. The molecule has 1 aromatic rings. The van der Waals surface area contributed by atoms with E-state index in [2.05, 4.69) is 15.2 Å². The highest BCUT2D eigenvalue weighted by atomic mass is 19.3. The number of hydrogen-bond acceptors (Lipinski definition) is 4. The van der Waals surface area contributed by atoms with Crippen LogP contribution in [0.15, 0.2) is 6.33 Å². The van der Waals surface area contributed by atoms with Crippen LogP contribution in [0.5, 0.6) is 0 Å². The molecule has 0 aromatic carbocycles. The average Bonchev–Trinajstić information content (AvgIpc) is 3.07. The van der Waals surface area contributed by atoms with Crippen molar-refractivity contribution < 1.29 is 18.4 Å². The third-order valence-corrected chi connectivity index (χ3v) is 6.07. The molecule has 1 aromatic heterocycles. The second kappa shape index (κ2) is 5.47. The number of nitrogens with zero attached hydrogens (tertiary/aromatic N) is 4. The summed E-state index contributed by atoms with van der Waals surface area (Å²) >= 11 is 0. The van der Waals surface area contributed by atoms with Gasteiger partial charge in [0.05, 0.1) is 12.0 Å². The standard InChI is InChI=1S/C16H21F2N5O2/c1-10-2-4-23(8-16(10,17)18)14(25)15-3-5-22(7-11(15)6-15)13(24)12-19-9-20-21-12/h9-11H,2-8H2,1H3,(H,19,20,21)/t10-,11+,15-/m1/s1. The summed E-state index contributed by atoms with van der Waals surface area (Å²) in [6, 6.07) is 0. The van der Waals surface area contributed by atoms with Crippen LogP contribution in [0.3, 0.4) is 0 Å². The molecule has 9 heteroatoms. The number of aromatic nitrogens is 3. The second-order valence-corrected chi connectivity index (χ2v) is 7.57. The van der Waals surface area contributed by atoms with Gasteiger partial charge in [0.15, 0.2) is 0 Å². The fourth-order valence-electron chi connectivity index (χ4n) is 4.17. The van der Waals surface area contributed by atoms with Crippen LogP contribution in [0, 0.1) is 17.3 Å². The summed E-state index contributed by atoms with van der Waals surface area (Å²) in [4.78, 5) is 32.1. The molecule has 25 heavy (non-hydrogen) atoms. The molecule has 136 valence electrons. The molecule has 3 atom stereocenters. The minimum absolute atomic E-state index is 0.0496. The lowest BCUT2D eigenvalue weighted by molar-refractivity contribution is -0.155. The number of carbonyl (C=O) groups is 2. The van der Waals surface area contributed by atoms with Gasteiger partial charge in [0.2, 0.25) is 11.7 Å². The molecule has 0 unspecified atom stereocenters. The topological polar surface area (TPSA) is 82.2 Å². The van der Waals surface area contributed by atoms with E-state index in [9.17, 15) is 18.4 Å². The molecular formula is C16H21F2N5O2. The number of amides is 2. The zero-order chi connectivity index (χ0) is 17.8. The summed E-state index contributed by atoms with van der Waals surface area (Å²) in [5.41, 5.74) is -0.547. The van der Waals surface area contributed by atoms with Crippen molar-refractivity contribution in [1.29, 1.82) is 0 Å². The van der Waals surface area contributed by atoms with Crippen molar-refractivity contribution in [3.05, 3.63) is 12.2 Å². The molecule has 1 saturated carbocycles. The number of H-pyrrole nitrogens is 1. The number of rotatable bonds is 2. The average molecular weight is 353 g/mol. The third kappa shape index (κ3) is 2.60. The Morgan fingerprint density at radius 2 is 2.12 bits per heavy atom. The molecule has 2 saturated heterocycles. The first-order valence-corrected chi connectivity index (χ1v) is 8.65. The number of aromatic amines is 1. The quantitative estimate of drug-likeness (QED) is 0.865. The van der Waals surface area contributed by atoms with Crippen LogP contribution in [0.25, 0.3) is 0 Å². The number of piperidine rings is 2. The number of carbonyl (C=O) groups excluding carboxylic acids is 2. The Morgan fingerprint density at radius 3 is 2.76 bits per heavy atom. The van der Waals surface area contributed by atoms with Crippen LogP contribution < -0.4 is 0 Å². The van der Waals surface area contributed by atoms with E-state index in [1.54, 1.807) is 4.90 Å². The first kappa shape index (κ1) is 16.4. The SMILES string of the molecule is C[C@@H]1CCN(C(=O)[C@@]23CCN(C(=O)c4ncn[nH]4)C[C@@H]2C3)CC1(F)F. The number of halogens is 2. The highest BCUT2D eigenvalue weighted by molar-refractivity contribution is 5.91. The van der Waals surface area contributed by atoms with Gasteiger partial charge in [0.1, 0.15) is 6.33 Å². The van der Waals surface area contributed by atoms with E-state index in [4.69, 9.17) is 0 Å². The van der Waals surface area contributed by atoms with E-state index in [-0.39, 0.29) is 23.6 Å². The number of nitrogens with one attached hydrogen (secondary N) is 1. The largest absolute Gasteiger partial charge is 0.336 e. The molecule has 1 aliphatic carbocycles. The van der Waals surface area contributed by atoms with Gasteiger partial charge in [-0.3, -0.25) is 14.7 Å². The van der Waals surface area contributed by atoms with Gasteiger partial charge in [-0.25, -0.2) is 13.8 Å². The third-order valence-electron chi connectivity index (χ3n) is 6.07. The first-order chi connectivity index (χ1) is 11.8. The maximum Gasteiger partial charge on any atom is 0.291 e. The predicted molar refractivity (Wildman–Crippen MR) is 82.8 cm³/mol. The lowest BCUT2D eigenvalue weighted by Gasteiger charge is -2.40. The Kier molecular flexibility index (Phi) is 3.59. The number of likely N-dealkylation sites (tertiary alicyclic amines) is 2. The fourth-order valence-corrected chi connectivity index (χ4v) is 4.17. The van der Waals surface area contributed by atoms with Crippen LogP contribution in [0.2, 0.25) is 0 Å². The summed E-state index contributed by atoms with van der Waals surface area (Å²) in [7, 11) is 0. The Bertz CT molecular complexity index is 695. The molecule has 0 spiro atoms. The Morgan fingerprint density at radius 1 is 1.32 bits per heavy atom. The lowest BCUT2D eigenvalue weighted by Crippen LogP contribution is -2.53.